The molecular weight excluding hydrogens is 1210 g/mol. The third-order valence-electron chi connectivity index (χ3n) is 7.83. The molecule has 0 aromatic heterocycles. The molecule has 0 aliphatic carbocycles. The first-order valence-electron chi connectivity index (χ1n) is 19.7. The van der Waals surface area contributed by atoms with Gasteiger partial charge in [-0.15, -0.1) is 15.2 Å². The van der Waals surface area contributed by atoms with Crippen LogP contribution in [0.4, 0.5) is 0 Å². The van der Waals surface area contributed by atoms with E-state index in [-0.39, 0.29) is 44.4 Å². The SMILES string of the molecule is CC.CNC(=O)c1ccccc1.C[131I].C[131I].C[131I].O=C(ON1C(=O)CCC1=O)c1ccccc1.O=C(ON1C(=O)CCC1=O)c1ccccc1.O=C(ON1C(=O)CCC1=O)c1ccccc1. The number of rotatable bonds is 7. The van der Waals surface area contributed by atoms with Crippen LogP contribution in [0.5, 0.6) is 0 Å². The number of nitrogens with zero attached hydrogens (tertiary/aromatic N) is 3. The van der Waals surface area contributed by atoms with Crippen molar-refractivity contribution in [1.29, 1.82) is 0 Å². The normalized spacial score (nSPS) is 12.9. The quantitative estimate of drug-likeness (QED) is 0.106. The molecule has 0 radical (unpaired) electrons. The number of carbonyl (C=O) groups is 10. The van der Waals surface area contributed by atoms with Gasteiger partial charge < -0.3 is 19.8 Å². The third-order valence-corrected chi connectivity index (χ3v) is 7.83. The molecule has 4 aromatic rings. The van der Waals surface area contributed by atoms with Gasteiger partial charge in [-0.25, -0.2) is 14.4 Å². The van der Waals surface area contributed by atoms with E-state index >= 15 is 0 Å². The van der Waals surface area contributed by atoms with Gasteiger partial charge in [-0.05, 0) is 63.3 Å². The Morgan fingerprint density at radius 3 is 0.742 bits per heavy atom. The van der Waals surface area contributed by atoms with Crippen LogP contribution < -0.4 is 5.32 Å². The molecule has 0 spiro atoms. The van der Waals surface area contributed by atoms with E-state index in [9.17, 15) is 47.9 Å². The van der Waals surface area contributed by atoms with Crippen LogP contribution >= 0.6 is 67.8 Å². The Morgan fingerprint density at radius 2 is 0.561 bits per heavy atom. The molecule has 20 heteroatoms. The van der Waals surface area contributed by atoms with Crippen LogP contribution in [-0.2, 0) is 43.3 Å². The lowest BCUT2D eigenvalue weighted by molar-refractivity contribution is -0.173. The van der Waals surface area contributed by atoms with Gasteiger partial charge in [-0.3, -0.25) is 33.6 Å². The van der Waals surface area contributed by atoms with Gasteiger partial charge in [-0.1, -0.05) is 154 Å². The van der Waals surface area contributed by atoms with Gasteiger partial charge in [0.05, 0.1) is 16.7 Å². The van der Waals surface area contributed by atoms with Crippen LogP contribution in [0, 0.1) is 0 Å². The Morgan fingerprint density at radius 1 is 0.379 bits per heavy atom. The van der Waals surface area contributed by atoms with E-state index in [0.29, 0.717) is 37.4 Å². The van der Waals surface area contributed by atoms with Gasteiger partial charge in [0.15, 0.2) is 0 Å². The minimum atomic E-state index is -0.704. The molecule has 0 bridgehead atoms. The monoisotopic (exact) mass is 1260 g/mol. The molecule has 3 aliphatic rings. The first-order chi connectivity index (χ1) is 31.9. The van der Waals surface area contributed by atoms with Crippen molar-refractivity contribution in [1.82, 2.24) is 20.5 Å². The van der Waals surface area contributed by atoms with Crippen molar-refractivity contribution in [3.63, 3.8) is 0 Å². The molecule has 0 saturated carbocycles. The Kier molecular flexibility index (Phi) is 32.6. The summed E-state index contributed by atoms with van der Waals surface area (Å²) in [6, 6.07) is 33.7. The van der Waals surface area contributed by atoms with Crippen molar-refractivity contribution in [2.75, 3.05) is 21.8 Å². The summed E-state index contributed by atoms with van der Waals surface area (Å²) in [6.07, 6.45) is 0.589. The molecule has 1 N–H and O–H groups in total. The van der Waals surface area contributed by atoms with E-state index < -0.39 is 53.4 Å². The summed E-state index contributed by atoms with van der Waals surface area (Å²) >= 11 is 6.45. The molecule has 3 saturated heterocycles. The molecule has 3 aliphatic heterocycles. The fourth-order valence-corrected chi connectivity index (χ4v) is 4.84. The molecule has 3 fully saturated rings. The maximum atomic E-state index is 11.5. The zero-order chi connectivity index (χ0) is 50.0. The van der Waals surface area contributed by atoms with E-state index in [1.807, 2.05) is 46.8 Å². The Balaban J connectivity index is 0.000000820. The highest BCUT2D eigenvalue weighted by molar-refractivity contribution is 14.1. The Hall–Kier alpha value is -5.63. The van der Waals surface area contributed by atoms with Gasteiger partial charge in [0.2, 0.25) is 0 Å². The second-order valence-corrected chi connectivity index (χ2v) is 11.9. The highest BCUT2D eigenvalue weighted by Gasteiger charge is 2.35. The minimum absolute atomic E-state index is 0.0411. The highest BCUT2D eigenvalue weighted by atomic mass is 131. The zero-order valence-corrected chi connectivity index (χ0v) is 43.5. The maximum absolute atomic E-state index is 11.5. The fourth-order valence-electron chi connectivity index (χ4n) is 4.84. The molecule has 0 unspecified atom stereocenters. The van der Waals surface area contributed by atoms with E-state index in [0.717, 1.165) is 0 Å². The molecule has 66 heavy (non-hydrogen) atoms. The lowest BCUT2D eigenvalue weighted by Crippen LogP contribution is -2.32. The summed E-state index contributed by atoms with van der Waals surface area (Å²) in [6.45, 7) is 4.00. The number of amides is 7. The van der Waals surface area contributed by atoms with E-state index in [1.165, 1.54) is 0 Å². The first kappa shape index (κ1) is 60.4. The second-order valence-electron chi connectivity index (χ2n) is 11.9. The molecule has 4 aromatic carbocycles. The van der Waals surface area contributed by atoms with E-state index in [4.69, 9.17) is 14.5 Å². The lowest BCUT2D eigenvalue weighted by Gasteiger charge is -2.12. The number of imide groups is 3. The summed E-state index contributed by atoms with van der Waals surface area (Å²) in [4.78, 5) is 133. The van der Waals surface area contributed by atoms with Crippen molar-refractivity contribution in [3.8, 4) is 0 Å². The van der Waals surface area contributed by atoms with E-state index in [2.05, 4.69) is 73.1 Å². The van der Waals surface area contributed by atoms with Crippen LogP contribution in [-0.4, -0.2) is 96.3 Å². The molecule has 7 rings (SSSR count). The van der Waals surface area contributed by atoms with Gasteiger partial charge >= 0.3 is 17.9 Å². The number of carbonyl (C=O) groups excluding carboxylic acids is 10. The molecular formula is C46H51I3N4O13. The van der Waals surface area contributed by atoms with Crippen molar-refractivity contribution in [2.24, 2.45) is 0 Å². The smallest absolute Gasteiger partial charge is 0.355 e. The summed E-state index contributed by atoms with van der Waals surface area (Å²) in [5, 5.41) is 4.15. The molecule has 354 valence electrons. The lowest BCUT2D eigenvalue weighted by atomic mass is 10.2. The molecule has 17 nitrogen and oxygen atoms in total. The fraction of sp³-hybridized carbons (Fsp3) is 0.261. The predicted octanol–water partition coefficient (Wildman–Crippen LogP) is 7.95. The van der Waals surface area contributed by atoms with Crippen LogP contribution in [0.3, 0.4) is 0 Å². The average Bonchev–Trinajstić information content (AvgIpc) is 4.01. The number of halogens is 3. The molecule has 0 atom stereocenters. The van der Waals surface area contributed by atoms with Crippen LogP contribution in [0.1, 0.15) is 93.8 Å². The highest BCUT2D eigenvalue weighted by Crippen LogP contribution is 2.16. The van der Waals surface area contributed by atoms with Crippen molar-refractivity contribution in [3.05, 3.63) is 144 Å². The zero-order valence-electron chi connectivity index (χ0n) is 37.1. The molecule has 7 amide bonds. The summed E-state index contributed by atoms with van der Waals surface area (Å²) in [5.41, 5.74) is 1.60. The Bertz CT molecular complexity index is 1920. The summed E-state index contributed by atoms with van der Waals surface area (Å²) in [7, 11) is 1.62. The average molecular weight is 1260 g/mol. The van der Waals surface area contributed by atoms with Crippen molar-refractivity contribution >= 4 is 127 Å². The summed E-state index contributed by atoms with van der Waals surface area (Å²) in [5.74, 6) is -5.02. The van der Waals surface area contributed by atoms with Gasteiger partial charge in [-0.2, -0.15) is 0 Å². The number of hydroxylamine groups is 6. The van der Waals surface area contributed by atoms with Crippen molar-refractivity contribution in [2.45, 2.75) is 52.4 Å². The van der Waals surface area contributed by atoms with Crippen LogP contribution in [0.25, 0.3) is 0 Å². The Labute approximate surface area is 424 Å². The van der Waals surface area contributed by atoms with Gasteiger partial charge in [0, 0.05) is 51.1 Å². The standard InChI is InChI=1S/3C11H9NO4.C8H9NO.C2H6.3CH3I/c3*13-9-6-7-10(14)12(9)16-11(15)8-4-2-1-3-5-8;1-9-8(10)7-5-3-2-4-6-7;4*1-2/h3*1-5H,6-7H2;2-6H,1H3,(H,9,10);1-2H3;3*1H3/i;;;;;3*2+4. The second kappa shape index (κ2) is 35.6. The number of hydrogen-bond donors (Lipinski definition) is 1. The number of alkyl halides is 3. The van der Waals surface area contributed by atoms with Crippen molar-refractivity contribution < 1.29 is 62.5 Å². The maximum Gasteiger partial charge on any atom is 0.363 e. The van der Waals surface area contributed by atoms with Crippen LogP contribution in [0.15, 0.2) is 121 Å². The third kappa shape index (κ3) is 21.1. The number of nitrogens with one attached hydrogen (secondary N) is 1. The summed E-state index contributed by atoms with van der Waals surface area (Å²) < 4.78 is 0. The predicted molar refractivity (Wildman–Crippen MR) is 270 cm³/mol. The topological polar surface area (TPSA) is 220 Å². The first-order valence-corrected chi connectivity index (χ1v) is 26.2. The van der Waals surface area contributed by atoms with Gasteiger partial charge in [0.25, 0.3) is 41.4 Å². The van der Waals surface area contributed by atoms with E-state index in [1.54, 1.807) is 110 Å². The minimum Gasteiger partial charge on any atom is -0.355 e. The molecule has 3 heterocycles. The number of benzene rings is 4. The van der Waals surface area contributed by atoms with Crippen LogP contribution in [0.2, 0.25) is 0 Å². The number of hydrogen-bond acceptors (Lipinski definition) is 13. The van der Waals surface area contributed by atoms with Gasteiger partial charge in [0.1, 0.15) is 0 Å². The largest absolute Gasteiger partial charge is 0.363 e.